The summed E-state index contributed by atoms with van der Waals surface area (Å²) >= 11 is 3.40. The van der Waals surface area contributed by atoms with Gasteiger partial charge in [-0.1, -0.05) is 6.07 Å². The topological polar surface area (TPSA) is 61.8 Å². The predicted molar refractivity (Wildman–Crippen MR) is 76.9 cm³/mol. The third kappa shape index (κ3) is 3.20. The second kappa shape index (κ2) is 5.52. The fourth-order valence-corrected chi connectivity index (χ4v) is 2.34. The lowest BCUT2D eigenvalue weighted by molar-refractivity contribution is -0.130. The van der Waals surface area contributed by atoms with Gasteiger partial charge in [-0.25, -0.2) is 5.01 Å². The fraction of sp³-hybridized carbons (Fsp3) is 0.308. The smallest absolute Gasteiger partial charge is 0.271 e. The normalized spacial score (nSPS) is 15.2. The van der Waals surface area contributed by atoms with Crippen LogP contribution in [-0.2, 0) is 9.59 Å². The Morgan fingerprint density at radius 1 is 1.42 bits per heavy atom. The zero-order valence-corrected chi connectivity index (χ0v) is 12.3. The van der Waals surface area contributed by atoms with E-state index in [1.54, 1.807) is 7.05 Å². The lowest BCUT2D eigenvalue weighted by atomic mass is 10.1. The Bertz CT molecular complexity index is 569. The number of carbonyl (C=O) groups is 2. The summed E-state index contributed by atoms with van der Waals surface area (Å²) in [5.41, 5.74) is 2.16. The van der Waals surface area contributed by atoms with E-state index in [9.17, 15) is 9.59 Å². The average Bonchev–Trinajstić information content (AvgIpc) is 2.36. The molecule has 0 aromatic heterocycles. The Morgan fingerprint density at radius 3 is 2.79 bits per heavy atom. The SMILES string of the molecule is Cc1ccc(NC(=O)C2=NN(C)C(=O)CC2)c(Br)c1. The van der Waals surface area contributed by atoms with E-state index in [4.69, 9.17) is 0 Å². The van der Waals surface area contributed by atoms with E-state index < -0.39 is 0 Å². The summed E-state index contributed by atoms with van der Waals surface area (Å²) in [6.07, 6.45) is 0.691. The van der Waals surface area contributed by atoms with E-state index in [1.165, 1.54) is 5.01 Å². The van der Waals surface area contributed by atoms with Crippen molar-refractivity contribution in [3.05, 3.63) is 28.2 Å². The molecule has 0 saturated carbocycles. The molecule has 0 unspecified atom stereocenters. The number of benzene rings is 1. The van der Waals surface area contributed by atoms with Crippen LogP contribution in [-0.4, -0.2) is 29.6 Å². The van der Waals surface area contributed by atoms with Crippen molar-refractivity contribution >= 4 is 39.1 Å². The Kier molecular flexibility index (Phi) is 3.99. The largest absolute Gasteiger partial charge is 0.320 e. The molecule has 0 spiro atoms. The van der Waals surface area contributed by atoms with Crippen molar-refractivity contribution in [1.29, 1.82) is 0 Å². The van der Waals surface area contributed by atoms with Crippen molar-refractivity contribution in [2.45, 2.75) is 19.8 Å². The third-order valence-corrected chi connectivity index (χ3v) is 3.50. The number of halogens is 1. The van der Waals surface area contributed by atoms with E-state index in [1.807, 2.05) is 25.1 Å². The lowest BCUT2D eigenvalue weighted by Gasteiger charge is -2.19. The van der Waals surface area contributed by atoms with Crippen LogP contribution in [0.15, 0.2) is 27.8 Å². The van der Waals surface area contributed by atoms with Crippen LogP contribution in [0.25, 0.3) is 0 Å². The van der Waals surface area contributed by atoms with Crippen molar-refractivity contribution in [1.82, 2.24) is 5.01 Å². The van der Waals surface area contributed by atoms with Gasteiger partial charge in [0.15, 0.2) is 0 Å². The van der Waals surface area contributed by atoms with Gasteiger partial charge in [0.1, 0.15) is 5.71 Å². The first-order valence-electron chi connectivity index (χ1n) is 5.89. The lowest BCUT2D eigenvalue weighted by Crippen LogP contribution is -2.34. The van der Waals surface area contributed by atoms with Gasteiger partial charge in [-0.2, -0.15) is 5.10 Å². The monoisotopic (exact) mass is 323 g/mol. The van der Waals surface area contributed by atoms with E-state index in [0.717, 1.165) is 10.0 Å². The van der Waals surface area contributed by atoms with Crippen molar-refractivity contribution in [2.75, 3.05) is 12.4 Å². The maximum atomic E-state index is 12.1. The molecule has 19 heavy (non-hydrogen) atoms. The quantitative estimate of drug-likeness (QED) is 0.907. The summed E-state index contributed by atoms with van der Waals surface area (Å²) in [5.74, 6) is -0.350. The zero-order valence-electron chi connectivity index (χ0n) is 10.7. The number of hydrogen-bond acceptors (Lipinski definition) is 3. The van der Waals surface area contributed by atoms with Crippen molar-refractivity contribution in [2.24, 2.45) is 5.10 Å². The molecule has 1 aliphatic rings. The highest BCUT2D eigenvalue weighted by molar-refractivity contribution is 9.10. The van der Waals surface area contributed by atoms with Gasteiger partial charge in [-0.3, -0.25) is 9.59 Å². The molecule has 0 bridgehead atoms. The number of carbonyl (C=O) groups excluding carboxylic acids is 2. The minimum absolute atomic E-state index is 0.0759. The maximum absolute atomic E-state index is 12.1. The van der Waals surface area contributed by atoms with Crippen molar-refractivity contribution in [3.63, 3.8) is 0 Å². The minimum Gasteiger partial charge on any atom is -0.320 e. The Balaban J connectivity index is 2.13. The molecule has 1 N–H and O–H groups in total. The van der Waals surface area contributed by atoms with Gasteiger partial charge in [-0.05, 0) is 40.5 Å². The molecular formula is C13H14BrN3O2. The number of anilines is 1. The molecule has 1 aromatic carbocycles. The van der Waals surface area contributed by atoms with E-state index in [2.05, 4.69) is 26.3 Å². The molecule has 1 aromatic rings. The predicted octanol–water partition coefficient (Wildman–Crippen LogP) is 2.30. The molecule has 0 aliphatic carbocycles. The molecular weight excluding hydrogens is 310 g/mol. The van der Waals surface area contributed by atoms with Gasteiger partial charge in [-0.15, -0.1) is 0 Å². The highest BCUT2D eigenvalue weighted by Gasteiger charge is 2.22. The molecule has 2 amide bonds. The van der Waals surface area contributed by atoms with E-state index in [-0.39, 0.29) is 11.8 Å². The number of aryl methyl sites for hydroxylation is 1. The average molecular weight is 324 g/mol. The van der Waals surface area contributed by atoms with Crippen LogP contribution >= 0.6 is 15.9 Å². The molecule has 2 rings (SSSR count). The molecule has 1 aliphatic heterocycles. The van der Waals surface area contributed by atoms with Gasteiger partial charge in [0.2, 0.25) is 5.91 Å². The Morgan fingerprint density at radius 2 is 2.16 bits per heavy atom. The Hall–Kier alpha value is -1.69. The van der Waals surface area contributed by atoms with Crippen LogP contribution in [0.3, 0.4) is 0 Å². The van der Waals surface area contributed by atoms with Crippen LogP contribution in [0, 0.1) is 6.92 Å². The summed E-state index contributed by atoms with van der Waals surface area (Å²) in [7, 11) is 1.55. The van der Waals surface area contributed by atoms with E-state index >= 15 is 0 Å². The summed E-state index contributed by atoms with van der Waals surface area (Å²) < 4.78 is 0.821. The first kappa shape index (κ1) is 13.7. The van der Waals surface area contributed by atoms with Crippen LogP contribution < -0.4 is 5.32 Å². The van der Waals surface area contributed by atoms with Crippen LogP contribution in [0.1, 0.15) is 18.4 Å². The summed E-state index contributed by atoms with van der Waals surface area (Å²) in [5, 5.41) is 7.98. The van der Waals surface area contributed by atoms with Gasteiger partial charge in [0.25, 0.3) is 5.91 Å². The number of hydrogen-bond donors (Lipinski definition) is 1. The molecule has 0 atom stereocenters. The molecule has 6 heteroatoms. The van der Waals surface area contributed by atoms with Gasteiger partial charge < -0.3 is 5.32 Å². The molecule has 1 heterocycles. The van der Waals surface area contributed by atoms with Crippen molar-refractivity contribution in [3.8, 4) is 0 Å². The molecule has 5 nitrogen and oxygen atoms in total. The van der Waals surface area contributed by atoms with Crippen LogP contribution in [0.5, 0.6) is 0 Å². The van der Waals surface area contributed by atoms with Crippen LogP contribution in [0.2, 0.25) is 0 Å². The second-order valence-corrected chi connectivity index (χ2v) is 5.26. The highest BCUT2D eigenvalue weighted by atomic mass is 79.9. The second-order valence-electron chi connectivity index (χ2n) is 4.40. The maximum Gasteiger partial charge on any atom is 0.271 e. The number of nitrogens with one attached hydrogen (secondary N) is 1. The Labute approximate surface area is 119 Å². The van der Waals surface area contributed by atoms with Crippen molar-refractivity contribution < 1.29 is 9.59 Å². The fourth-order valence-electron chi connectivity index (χ4n) is 1.75. The van der Waals surface area contributed by atoms with Gasteiger partial charge in [0, 0.05) is 24.4 Å². The van der Waals surface area contributed by atoms with Crippen LogP contribution in [0.4, 0.5) is 5.69 Å². The first-order chi connectivity index (χ1) is 8.97. The first-order valence-corrected chi connectivity index (χ1v) is 6.68. The van der Waals surface area contributed by atoms with E-state index in [0.29, 0.717) is 24.2 Å². The highest BCUT2D eigenvalue weighted by Crippen LogP contribution is 2.23. The third-order valence-electron chi connectivity index (χ3n) is 2.84. The number of hydrazone groups is 1. The molecule has 0 saturated heterocycles. The number of amides is 2. The number of rotatable bonds is 2. The zero-order chi connectivity index (χ0) is 14.0. The summed E-state index contributed by atoms with van der Waals surface area (Å²) in [6.45, 7) is 1.97. The van der Waals surface area contributed by atoms with Gasteiger partial charge in [0.05, 0.1) is 5.69 Å². The molecule has 0 radical (unpaired) electrons. The summed E-state index contributed by atoms with van der Waals surface area (Å²) in [4.78, 5) is 23.3. The summed E-state index contributed by atoms with van der Waals surface area (Å²) in [6, 6.07) is 5.67. The molecule has 100 valence electrons. The molecule has 0 fully saturated rings. The number of nitrogens with zero attached hydrogens (tertiary/aromatic N) is 2. The standard InChI is InChI=1S/C13H14BrN3O2/c1-8-3-4-10(9(14)7-8)15-13(19)11-5-6-12(18)17(2)16-11/h3-4,7H,5-6H2,1-2H3,(H,15,19). The minimum atomic E-state index is -0.274. The van der Waals surface area contributed by atoms with Gasteiger partial charge >= 0.3 is 0 Å².